The highest BCUT2D eigenvalue weighted by Gasteiger charge is 2.38. The van der Waals surface area contributed by atoms with Crippen molar-refractivity contribution in [3.63, 3.8) is 0 Å². The number of para-hydroxylation sites is 1. The van der Waals surface area contributed by atoms with Crippen LogP contribution in [0.15, 0.2) is 24.3 Å². The number of carboxylic acids is 1. The summed E-state index contributed by atoms with van der Waals surface area (Å²) >= 11 is 0. The topological polar surface area (TPSA) is 46.5 Å². The predicted octanol–water partition coefficient (Wildman–Crippen LogP) is 2.81. The highest BCUT2D eigenvalue weighted by atomic mass is 16.5. The smallest absolute Gasteiger partial charge is 0.303 e. The number of ether oxygens (including phenoxy) is 1. The average Bonchev–Trinajstić information content (AvgIpc) is 3.12. The molecule has 0 bridgehead atoms. The SMILES string of the molecule is O=C(O)CC1CC(C2CC2)Oc2ccccc21. The lowest BCUT2D eigenvalue weighted by Crippen LogP contribution is -2.28. The molecule has 3 heteroatoms. The van der Waals surface area contributed by atoms with Gasteiger partial charge in [-0.2, -0.15) is 0 Å². The maximum absolute atomic E-state index is 10.9. The first-order chi connectivity index (χ1) is 8.24. The standard InChI is InChI=1S/C14H16O3/c15-14(16)8-10-7-13(9-5-6-9)17-12-4-2-1-3-11(10)12/h1-4,9-10,13H,5-8H2,(H,15,16). The minimum atomic E-state index is -0.721. The van der Waals surface area contributed by atoms with Crippen molar-refractivity contribution in [1.29, 1.82) is 0 Å². The molecule has 1 fully saturated rings. The summed E-state index contributed by atoms with van der Waals surface area (Å²) in [5.41, 5.74) is 1.06. The van der Waals surface area contributed by atoms with Crippen molar-refractivity contribution in [3.05, 3.63) is 29.8 Å². The largest absolute Gasteiger partial charge is 0.490 e. The molecule has 1 aromatic carbocycles. The van der Waals surface area contributed by atoms with Crippen molar-refractivity contribution in [2.75, 3.05) is 0 Å². The number of hydrogen-bond acceptors (Lipinski definition) is 2. The van der Waals surface area contributed by atoms with Crippen molar-refractivity contribution in [3.8, 4) is 5.75 Å². The molecule has 1 heterocycles. The van der Waals surface area contributed by atoms with Crippen molar-refractivity contribution >= 4 is 5.97 Å². The van der Waals surface area contributed by atoms with E-state index in [2.05, 4.69) is 0 Å². The minimum Gasteiger partial charge on any atom is -0.490 e. The molecule has 3 rings (SSSR count). The van der Waals surface area contributed by atoms with Crippen LogP contribution in [0.2, 0.25) is 0 Å². The van der Waals surface area contributed by atoms with Gasteiger partial charge in [0.2, 0.25) is 0 Å². The number of rotatable bonds is 3. The number of carboxylic acid groups (broad SMARTS) is 1. The summed E-state index contributed by atoms with van der Waals surface area (Å²) in [4.78, 5) is 10.9. The van der Waals surface area contributed by atoms with Crippen LogP contribution in [0.3, 0.4) is 0 Å². The molecule has 17 heavy (non-hydrogen) atoms. The molecule has 2 unspecified atom stereocenters. The van der Waals surface area contributed by atoms with Crippen molar-refractivity contribution in [2.24, 2.45) is 5.92 Å². The fraction of sp³-hybridized carbons (Fsp3) is 0.500. The van der Waals surface area contributed by atoms with E-state index in [1.807, 2.05) is 24.3 Å². The first kappa shape index (κ1) is 10.6. The summed E-state index contributed by atoms with van der Waals surface area (Å²) in [7, 11) is 0. The van der Waals surface area contributed by atoms with Gasteiger partial charge in [0, 0.05) is 5.92 Å². The second-order valence-corrected chi connectivity index (χ2v) is 5.06. The third-order valence-electron chi connectivity index (χ3n) is 3.72. The van der Waals surface area contributed by atoms with Crippen LogP contribution in [0, 0.1) is 5.92 Å². The Hall–Kier alpha value is -1.51. The summed E-state index contributed by atoms with van der Waals surface area (Å²) in [5.74, 6) is 0.936. The first-order valence-electron chi connectivity index (χ1n) is 6.21. The Bertz CT molecular complexity index is 437. The number of carbonyl (C=O) groups is 1. The minimum absolute atomic E-state index is 0.114. The second-order valence-electron chi connectivity index (χ2n) is 5.06. The summed E-state index contributed by atoms with van der Waals surface area (Å²) in [5, 5.41) is 8.99. The molecular weight excluding hydrogens is 216 g/mol. The maximum Gasteiger partial charge on any atom is 0.303 e. The van der Waals surface area contributed by atoms with Crippen molar-refractivity contribution in [2.45, 2.75) is 37.7 Å². The van der Waals surface area contributed by atoms with Gasteiger partial charge in [0.1, 0.15) is 11.9 Å². The van der Waals surface area contributed by atoms with Gasteiger partial charge < -0.3 is 9.84 Å². The predicted molar refractivity (Wildman–Crippen MR) is 63.2 cm³/mol. The lowest BCUT2D eigenvalue weighted by Gasteiger charge is -2.31. The number of fused-ring (bicyclic) bond motifs is 1. The monoisotopic (exact) mass is 232 g/mol. The fourth-order valence-corrected chi connectivity index (χ4v) is 2.70. The van der Waals surface area contributed by atoms with E-state index in [-0.39, 0.29) is 18.4 Å². The molecule has 1 aliphatic carbocycles. The van der Waals surface area contributed by atoms with Crippen molar-refractivity contribution < 1.29 is 14.6 Å². The quantitative estimate of drug-likeness (QED) is 0.871. The van der Waals surface area contributed by atoms with Crippen LogP contribution in [-0.4, -0.2) is 17.2 Å². The number of aliphatic carboxylic acids is 1. The van der Waals surface area contributed by atoms with E-state index in [4.69, 9.17) is 9.84 Å². The van der Waals surface area contributed by atoms with Gasteiger partial charge in [-0.25, -0.2) is 0 Å². The zero-order chi connectivity index (χ0) is 11.8. The molecule has 3 nitrogen and oxygen atoms in total. The lowest BCUT2D eigenvalue weighted by molar-refractivity contribution is -0.137. The van der Waals surface area contributed by atoms with Crippen LogP contribution in [0.25, 0.3) is 0 Å². The molecule has 0 spiro atoms. The molecule has 1 N–H and O–H groups in total. The molecule has 2 atom stereocenters. The highest BCUT2D eigenvalue weighted by Crippen LogP contribution is 2.45. The molecule has 1 aliphatic heterocycles. The Morgan fingerprint density at radius 3 is 2.82 bits per heavy atom. The van der Waals surface area contributed by atoms with E-state index in [0.717, 1.165) is 17.7 Å². The van der Waals surface area contributed by atoms with E-state index in [9.17, 15) is 4.79 Å². The van der Waals surface area contributed by atoms with Gasteiger partial charge in [0.05, 0.1) is 6.42 Å². The van der Waals surface area contributed by atoms with Crippen LogP contribution < -0.4 is 4.74 Å². The Labute approximate surface area is 100 Å². The Balaban J connectivity index is 1.88. The van der Waals surface area contributed by atoms with Crippen LogP contribution in [0.1, 0.15) is 37.2 Å². The van der Waals surface area contributed by atoms with Crippen LogP contribution >= 0.6 is 0 Å². The average molecular weight is 232 g/mol. The summed E-state index contributed by atoms with van der Waals surface area (Å²) in [6.07, 6.45) is 3.76. The summed E-state index contributed by atoms with van der Waals surface area (Å²) < 4.78 is 5.97. The summed E-state index contributed by atoms with van der Waals surface area (Å²) in [6, 6.07) is 7.85. The number of benzene rings is 1. The third-order valence-corrected chi connectivity index (χ3v) is 3.72. The van der Waals surface area contributed by atoms with Gasteiger partial charge in [-0.3, -0.25) is 4.79 Å². The normalized spacial score (nSPS) is 27.1. The first-order valence-corrected chi connectivity index (χ1v) is 6.21. The highest BCUT2D eigenvalue weighted by molar-refractivity contribution is 5.68. The lowest BCUT2D eigenvalue weighted by atomic mass is 9.86. The van der Waals surface area contributed by atoms with Crippen LogP contribution in [-0.2, 0) is 4.79 Å². The van der Waals surface area contributed by atoms with E-state index >= 15 is 0 Å². The van der Waals surface area contributed by atoms with Gasteiger partial charge in [0.15, 0.2) is 0 Å². The molecule has 0 saturated heterocycles. The van der Waals surface area contributed by atoms with Crippen LogP contribution in [0.5, 0.6) is 5.75 Å². The molecule has 0 aromatic heterocycles. The maximum atomic E-state index is 10.9. The zero-order valence-corrected chi connectivity index (χ0v) is 9.63. The molecule has 0 radical (unpaired) electrons. The van der Waals surface area contributed by atoms with E-state index in [1.54, 1.807) is 0 Å². The van der Waals surface area contributed by atoms with Gasteiger partial charge in [0.25, 0.3) is 0 Å². The van der Waals surface area contributed by atoms with Gasteiger partial charge in [-0.05, 0) is 36.8 Å². The Morgan fingerprint density at radius 1 is 1.35 bits per heavy atom. The van der Waals surface area contributed by atoms with Gasteiger partial charge in [-0.1, -0.05) is 18.2 Å². The molecular formula is C14H16O3. The van der Waals surface area contributed by atoms with Crippen LogP contribution in [0.4, 0.5) is 0 Å². The van der Waals surface area contributed by atoms with E-state index in [1.165, 1.54) is 12.8 Å². The van der Waals surface area contributed by atoms with E-state index < -0.39 is 5.97 Å². The molecule has 1 aromatic rings. The Kier molecular flexibility index (Phi) is 2.54. The molecule has 0 amide bonds. The van der Waals surface area contributed by atoms with Gasteiger partial charge in [-0.15, -0.1) is 0 Å². The second kappa shape index (κ2) is 4.06. The van der Waals surface area contributed by atoms with E-state index in [0.29, 0.717) is 5.92 Å². The molecule has 1 saturated carbocycles. The zero-order valence-electron chi connectivity index (χ0n) is 9.63. The third kappa shape index (κ3) is 2.14. The Morgan fingerprint density at radius 2 is 2.12 bits per heavy atom. The van der Waals surface area contributed by atoms with Gasteiger partial charge >= 0.3 is 5.97 Å². The van der Waals surface area contributed by atoms with Crippen molar-refractivity contribution in [1.82, 2.24) is 0 Å². The number of hydrogen-bond donors (Lipinski definition) is 1. The fourth-order valence-electron chi connectivity index (χ4n) is 2.70. The summed E-state index contributed by atoms with van der Waals surface area (Å²) in [6.45, 7) is 0. The molecule has 90 valence electrons. The molecule has 2 aliphatic rings.